The van der Waals surface area contributed by atoms with Gasteiger partial charge in [0.2, 0.25) is 0 Å². The first-order chi connectivity index (χ1) is 8.47. The van der Waals surface area contributed by atoms with Gasteiger partial charge < -0.3 is 4.74 Å². The number of hydrogen-bond donors (Lipinski definition) is 0. The minimum atomic E-state index is -4.27. The van der Waals surface area contributed by atoms with Crippen LogP contribution < -0.4 is 0 Å². The van der Waals surface area contributed by atoms with E-state index in [2.05, 4.69) is 4.90 Å². The summed E-state index contributed by atoms with van der Waals surface area (Å²) in [6, 6.07) is 4.56. The summed E-state index contributed by atoms with van der Waals surface area (Å²) in [6.07, 6.45) is -4.27. The van der Waals surface area contributed by atoms with E-state index in [0.717, 1.165) is 13.1 Å². The van der Waals surface area contributed by atoms with Gasteiger partial charge in [-0.25, -0.2) is 0 Å². The molecule has 0 aliphatic carbocycles. The molecule has 0 spiro atoms. The summed E-state index contributed by atoms with van der Waals surface area (Å²) >= 11 is 0. The minimum absolute atomic E-state index is 0.272. The Balaban J connectivity index is 2.14. The average Bonchev–Trinajstić information content (AvgIpc) is 2.31. The molecule has 1 aliphatic rings. The van der Waals surface area contributed by atoms with Gasteiger partial charge in [0.25, 0.3) is 0 Å². The van der Waals surface area contributed by atoms with Gasteiger partial charge in [0.15, 0.2) is 0 Å². The van der Waals surface area contributed by atoms with Crippen LogP contribution in [0.4, 0.5) is 13.2 Å². The Labute approximate surface area is 104 Å². The molecule has 5 heteroatoms. The quantitative estimate of drug-likeness (QED) is 0.809. The molecule has 0 bridgehead atoms. The van der Waals surface area contributed by atoms with E-state index in [1.54, 1.807) is 12.1 Å². The summed E-state index contributed by atoms with van der Waals surface area (Å²) in [6.45, 7) is 4.88. The molecule has 1 aromatic rings. The monoisotopic (exact) mass is 259 g/mol. The van der Waals surface area contributed by atoms with E-state index in [1.807, 2.05) is 0 Å². The van der Waals surface area contributed by atoms with Crippen molar-refractivity contribution < 1.29 is 17.9 Å². The highest BCUT2D eigenvalue weighted by molar-refractivity contribution is 5.33. The maximum atomic E-state index is 12.8. The van der Waals surface area contributed by atoms with E-state index >= 15 is 0 Å². The zero-order valence-corrected chi connectivity index (χ0v) is 10.3. The van der Waals surface area contributed by atoms with Crippen LogP contribution in [-0.2, 0) is 17.5 Å². The third-order valence-corrected chi connectivity index (χ3v) is 3.12. The van der Waals surface area contributed by atoms with Crippen LogP contribution in [0, 0.1) is 6.92 Å². The molecule has 1 heterocycles. The Bertz CT molecular complexity index is 411. The molecule has 0 amide bonds. The van der Waals surface area contributed by atoms with Crippen LogP contribution in [0.2, 0.25) is 0 Å². The third kappa shape index (κ3) is 3.23. The minimum Gasteiger partial charge on any atom is -0.379 e. The summed E-state index contributed by atoms with van der Waals surface area (Å²) in [5.41, 5.74) is 0.441. The maximum Gasteiger partial charge on any atom is 0.416 e. The van der Waals surface area contributed by atoms with Gasteiger partial charge in [0, 0.05) is 19.6 Å². The lowest BCUT2D eigenvalue weighted by Gasteiger charge is -2.27. The number of aryl methyl sites for hydroxylation is 1. The van der Waals surface area contributed by atoms with Crippen molar-refractivity contribution in [1.29, 1.82) is 0 Å². The summed E-state index contributed by atoms with van der Waals surface area (Å²) < 4.78 is 43.5. The third-order valence-electron chi connectivity index (χ3n) is 3.12. The van der Waals surface area contributed by atoms with Crippen LogP contribution in [0.15, 0.2) is 18.2 Å². The number of halogens is 3. The van der Waals surface area contributed by atoms with Crippen molar-refractivity contribution in [1.82, 2.24) is 4.90 Å². The largest absolute Gasteiger partial charge is 0.416 e. The maximum absolute atomic E-state index is 12.8. The summed E-state index contributed by atoms with van der Waals surface area (Å²) in [5, 5.41) is 0. The van der Waals surface area contributed by atoms with Crippen LogP contribution in [0.3, 0.4) is 0 Å². The Morgan fingerprint density at radius 2 is 1.89 bits per heavy atom. The van der Waals surface area contributed by atoms with Crippen molar-refractivity contribution in [2.75, 3.05) is 26.3 Å². The lowest BCUT2D eigenvalue weighted by molar-refractivity contribution is -0.138. The fraction of sp³-hybridized carbons (Fsp3) is 0.538. The molecule has 0 saturated carbocycles. The van der Waals surface area contributed by atoms with E-state index in [9.17, 15) is 13.2 Å². The molecule has 0 atom stereocenters. The van der Waals surface area contributed by atoms with Crippen LogP contribution in [0.25, 0.3) is 0 Å². The predicted molar refractivity (Wildman–Crippen MR) is 62.3 cm³/mol. The molecule has 1 aliphatic heterocycles. The van der Waals surface area contributed by atoms with Crippen molar-refractivity contribution >= 4 is 0 Å². The highest BCUT2D eigenvalue weighted by Crippen LogP contribution is 2.32. The lowest BCUT2D eigenvalue weighted by atomic mass is 10.0. The van der Waals surface area contributed by atoms with Gasteiger partial charge in [-0.15, -0.1) is 0 Å². The van der Waals surface area contributed by atoms with Gasteiger partial charge in [-0.05, 0) is 24.1 Å². The fourth-order valence-electron chi connectivity index (χ4n) is 2.09. The standard InChI is InChI=1S/C13H16F3NO/c1-10-2-3-11(8-12(10)13(14,15)16)9-17-4-6-18-7-5-17/h2-3,8H,4-7,9H2,1H3. The zero-order valence-electron chi connectivity index (χ0n) is 10.3. The Kier molecular flexibility index (Phi) is 3.92. The highest BCUT2D eigenvalue weighted by atomic mass is 19.4. The average molecular weight is 259 g/mol. The number of hydrogen-bond acceptors (Lipinski definition) is 2. The van der Waals surface area contributed by atoms with Gasteiger partial charge in [0.05, 0.1) is 18.8 Å². The van der Waals surface area contributed by atoms with Crippen molar-refractivity contribution in [3.63, 3.8) is 0 Å². The van der Waals surface area contributed by atoms with E-state index in [1.165, 1.54) is 13.0 Å². The normalized spacial score (nSPS) is 18.0. The first kappa shape index (κ1) is 13.4. The molecule has 1 fully saturated rings. The van der Waals surface area contributed by atoms with Crippen LogP contribution in [0.1, 0.15) is 16.7 Å². The molecule has 18 heavy (non-hydrogen) atoms. The Morgan fingerprint density at radius 3 is 2.50 bits per heavy atom. The molecule has 0 aromatic heterocycles. The first-order valence-corrected chi connectivity index (χ1v) is 5.93. The van der Waals surface area contributed by atoms with Crippen LogP contribution in [0.5, 0.6) is 0 Å². The molecule has 0 radical (unpaired) electrons. The summed E-state index contributed by atoms with van der Waals surface area (Å²) in [7, 11) is 0. The second-order valence-electron chi connectivity index (χ2n) is 4.54. The van der Waals surface area contributed by atoms with Crippen LogP contribution in [-0.4, -0.2) is 31.2 Å². The molecular formula is C13H16F3NO. The number of morpholine rings is 1. The topological polar surface area (TPSA) is 12.5 Å². The molecule has 1 aromatic carbocycles. The molecule has 1 saturated heterocycles. The van der Waals surface area contributed by atoms with E-state index in [4.69, 9.17) is 4.74 Å². The number of alkyl halides is 3. The van der Waals surface area contributed by atoms with Gasteiger partial charge in [0.1, 0.15) is 0 Å². The number of ether oxygens (including phenoxy) is 1. The molecule has 100 valence electrons. The van der Waals surface area contributed by atoms with Crippen molar-refractivity contribution in [2.45, 2.75) is 19.6 Å². The van der Waals surface area contributed by atoms with Gasteiger partial charge >= 0.3 is 6.18 Å². The zero-order chi connectivity index (χ0) is 13.2. The Morgan fingerprint density at radius 1 is 1.22 bits per heavy atom. The first-order valence-electron chi connectivity index (χ1n) is 5.93. The lowest BCUT2D eigenvalue weighted by Crippen LogP contribution is -2.35. The van der Waals surface area contributed by atoms with Crippen molar-refractivity contribution in [3.05, 3.63) is 34.9 Å². The van der Waals surface area contributed by atoms with Gasteiger partial charge in [-0.3, -0.25) is 4.90 Å². The van der Waals surface area contributed by atoms with E-state index in [-0.39, 0.29) is 5.56 Å². The van der Waals surface area contributed by atoms with Crippen molar-refractivity contribution in [3.8, 4) is 0 Å². The highest BCUT2D eigenvalue weighted by Gasteiger charge is 2.32. The molecule has 0 unspecified atom stereocenters. The SMILES string of the molecule is Cc1ccc(CN2CCOCC2)cc1C(F)(F)F. The summed E-state index contributed by atoms with van der Waals surface area (Å²) in [4.78, 5) is 2.11. The number of rotatable bonds is 2. The van der Waals surface area contributed by atoms with Crippen molar-refractivity contribution in [2.24, 2.45) is 0 Å². The number of nitrogens with zero attached hydrogens (tertiary/aromatic N) is 1. The smallest absolute Gasteiger partial charge is 0.379 e. The molecule has 2 nitrogen and oxygen atoms in total. The van der Waals surface area contributed by atoms with Gasteiger partial charge in [-0.1, -0.05) is 12.1 Å². The van der Waals surface area contributed by atoms with E-state index in [0.29, 0.717) is 25.3 Å². The van der Waals surface area contributed by atoms with Gasteiger partial charge in [-0.2, -0.15) is 13.2 Å². The molecule has 2 rings (SSSR count). The molecular weight excluding hydrogens is 243 g/mol. The second kappa shape index (κ2) is 5.28. The second-order valence-corrected chi connectivity index (χ2v) is 4.54. The predicted octanol–water partition coefficient (Wildman–Crippen LogP) is 2.85. The van der Waals surface area contributed by atoms with Crippen LogP contribution >= 0.6 is 0 Å². The fourth-order valence-corrected chi connectivity index (χ4v) is 2.09. The number of benzene rings is 1. The Hall–Kier alpha value is -1.07. The summed E-state index contributed by atoms with van der Waals surface area (Å²) in [5.74, 6) is 0. The molecule has 0 N–H and O–H groups in total. The van der Waals surface area contributed by atoms with E-state index < -0.39 is 11.7 Å².